The van der Waals surface area contributed by atoms with Crippen LogP contribution in [0, 0.1) is 11.3 Å². The van der Waals surface area contributed by atoms with Crippen molar-refractivity contribution in [3.05, 3.63) is 28.8 Å². The Balaban J connectivity index is 1.63. The number of rotatable bonds is 10. The van der Waals surface area contributed by atoms with Gasteiger partial charge in [-0.3, -0.25) is 9.59 Å². The maximum absolute atomic E-state index is 13.5. The molecule has 0 unspecified atom stereocenters. The van der Waals surface area contributed by atoms with Crippen molar-refractivity contribution >= 4 is 23.4 Å². The molecule has 2 amide bonds. The average molecular weight is 480 g/mol. The van der Waals surface area contributed by atoms with E-state index in [1.165, 1.54) is 0 Å². The molecule has 2 fully saturated rings. The number of carbonyl (C=O) groups excluding carboxylic acids is 2. The number of ether oxygens (including phenoxy) is 2. The summed E-state index contributed by atoms with van der Waals surface area (Å²) in [4.78, 5) is 27.9. The highest BCUT2D eigenvalue weighted by Crippen LogP contribution is 2.33. The van der Waals surface area contributed by atoms with Gasteiger partial charge in [0.05, 0.1) is 17.5 Å². The maximum atomic E-state index is 13.5. The topological polar surface area (TPSA) is 79.9 Å². The minimum absolute atomic E-state index is 0.0145. The standard InChI is InChI=1S/C25H38ClN3O4/c1-25(2,3)24(31)28-19-13-18(14-27-15-19)23(30)29(20-7-8-20)16-17-6-9-21(26)22(12-17)33-11-5-10-32-4/h6,9,12,18-20,27H,5,7-8,10-11,13-16H2,1-4H3,(H,28,31)/t18-,19-/m0/s1. The van der Waals surface area contributed by atoms with Crippen LogP contribution < -0.4 is 15.4 Å². The van der Waals surface area contributed by atoms with E-state index >= 15 is 0 Å². The van der Waals surface area contributed by atoms with E-state index in [4.69, 9.17) is 21.1 Å². The van der Waals surface area contributed by atoms with E-state index in [0.29, 0.717) is 50.0 Å². The molecule has 0 spiro atoms. The predicted octanol–water partition coefficient (Wildman–Crippen LogP) is 3.39. The minimum atomic E-state index is -0.449. The summed E-state index contributed by atoms with van der Waals surface area (Å²) in [5, 5.41) is 7.01. The highest BCUT2D eigenvalue weighted by atomic mass is 35.5. The van der Waals surface area contributed by atoms with Crippen LogP contribution >= 0.6 is 11.6 Å². The van der Waals surface area contributed by atoms with Crippen LogP contribution in [0.3, 0.4) is 0 Å². The van der Waals surface area contributed by atoms with Gasteiger partial charge in [-0.25, -0.2) is 0 Å². The fraction of sp³-hybridized carbons (Fsp3) is 0.680. The van der Waals surface area contributed by atoms with Crippen molar-refractivity contribution in [3.63, 3.8) is 0 Å². The molecule has 0 bridgehead atoms. The molecular weight excluding hydrogens is 442 g/mol. The van der Waals surface area contributed by atoms with Crippen LogP contribution in [0.25, 0.3) is 0 Å². The second kappa shape index (κ2) is 11.5. The molecule has 184 valence electrons. The number of carbonyl (C=O) groups is 2. The van der Waals surface area contributed by atoms with Crippen molar-refractivity contribution in [2.75, 3.05) is 33.4 Å². The number of nitrogens with zero attached hydrogens (tertiary/aromatic N) is 1. The average Bonchev–Trinajstić information content (AvgIpc) is 3.61. The molecule has 8 heteroatoms. The van der Waals surface area contributed by atoms with Crippen molar-refractivity contribution < 1.29 is 19.1 Å². The molecule has 2 N–H and O–H groups in total. The molecule has 1 saturated carbocycles. The lowest BCUT2D eigenvalue weighted by atomic mass is 9.91. The third-order valence-corrected chi connectivity index (χ3v) is 6.40. The van der Waals surface area contributed by atoms with Gasteiger partial charge in [0, 0.05) is 57.3 Å². The molecule has 1 aromatic rings. The fourth-order valence-corrected chi connectivity index (χ4v) is 4.16. The van der Waals surface area contributed by atoms with E-state index in [0.717, 1.165) is 24.8 Å². The van der Waals surface area contributed by atoms with Crippen molar-refractivity contribution in [3.8, 4) is 5.75 Å². The van der Waals surface area contributed by atoms with Gasteiger partial charge in [-0.05, 0) is 37.0 Å². The van der Waals surface area contributed by atoms with Crippen LogP contribution in [0.15, 0.2) is 18.2 Å². The third kappa shape index (κ3) is 7.59. The normalized spacial score (nSPS) is 20.9. The Morgan fingerprint density at radius 3 is 2.64 bits per heavy atom. The fourth-order valence-electron chi connectivity index (χ4n) is 3.99. The summed E-state index contributed by atoms with van der Waals surface area (Å²) in [6.07, 6.45) is 3.50. The summed E-state index contributed by atoms with van der Waals surface area (Å²) < 4.78 is 10.9. The minimum Gasteiger partial charge on any atom is -0.492 e. The van der Waals surface area contributed by atoms with Crippen molar-refractivity contribution in [2.45, 2.75) is 65.1 Å². The molecule has 1 aliphatic carbocycles. The highest BCUT2D eigenvalue weighted by molar-refractivity contribution is 6.32. The molecule has 3 rings (SSSR count). The number of hydrogen-bond acceptors (Lipinski definition) is 5. The zero-order chi connectivity index (χ0) is 24.0. The zero-order valence-corrected chi connectivity index (χ0v) is 21.0. The van der Waals surface area contributed by atoms with E-state index in [2.05, 4.69) is 10.6 Å². The van der Waals surface area contributed by atoms with Crippen LogP contribution in [0.4, 0.5) is 0 Å². The number of nitrogens with one attached hydrogen (secondary N) is 2. The number of piperidine rings is 1. The van der Waals surface area contributed by atoms with Gasteiger partial charge in [0.1, 0.15) is 5.75 Å². The Bertz CT molecular complexity index is 822. The lowest BCUT2D eigenvalue weighted by Crippen LogP contribution is -2.54. The highest BCUT2D eigenvalue weighted by Gasteiger charge is 2.38. The maximum Gasteiger partial charge on any atom is 0.227 e. The van der Waals surface area contributed by atoms with Gasteiger partial charge in [-0.2, -0.15) is 0 Å². The Morgan fingerprint density at radius 1 is 1.21 bits per heavy atom. The van der Waals surface area contributed by atoms with Gasteiger partial charge < -0.3 is 25.0 Å². The van der Waals surface area contributed by atoms with E-state index in [1.54, 1.807) is 7.11 Å². The molecule has 1 saturated heterocycles. The molecule has 33 heavy (non-hydrogen) atoms. The van der Waals surface area contributed by atoms with Gasteiger partial charge in [0.25, 0.3) is 0 Å². The summed E-state index contributed by atoms with van der Waals surface area (Å²) in [5.41, 5.74) is 0.553. The largest absolute Gasteiger partial charge is 0.492 e. The molecule has 1 aromatic carbocycles. The zero-order valence-electron chi connectivity index (χ0n) is 20.3. The first kappa shape index (κ1) is 25.8. The summed E-state index contributed by atoms with van der Waals surface area (Å²) in [6, 6.07) is 5.96. The van der Waals surface area contributed by atoms with E-state index in [-0.39, 0.29) is 29.8 Å². The summed E-state index contributed by atoms with van der Waals surface area (Å²) in [6.45, 7) is 8.72. The molecule has 1 aliphatic heterocycles. The number of amides is 2. The van der Waals surface area contributed by atoms with Crippen molar-refractivity contribution in [1.82, 2.24) is 15.5 Å². The van der Waals surface area contributed by atoms with Gasteiger partial charge in [0.2, 0.25) is 11.8 Å². The number of methoxy groups -OCH3 is 1. The molecule has 0 aromatic heterocycles. The summed E-state index contributed by atoms with van der Waals surface area (Å²) in [5.74, 6) is 0.650. The molecule has 7 nitrogen and oxygen atoms in total. The van der Waals surface area contributed by atoms with Crippen molar-refractivity contribution in [1.29, 1.82) is 0 Å². The SMILES string of the molecule is COCCCOc1cc(CN(C(=O)[C@@H]2CNC[C@@H](NC(=O)C(C)(C)C)C2)C2CC2)ccc1Cl. The van der Waals surface area contributed by atoms with Crippen molar-refractivity contribution in [2.24, 2.45) is 11.3 Å². The second-order valence-electron chi connectivity index (χ2n) is 10.2. The lowest BCUT2D eigenvalue weighted by Gasteiger charge is -2.35. The second-order valence-corrected chi connectivity index (χ2v) is 10.6. The third-order valence-electron chi connectivity index (χ3n) is 6.09. The van der Waals surface area contributed by atoms with Gasteiger partial charge in [-0.1, -0.05) is 38.4 Å². The Morgan fingerprint density at radius 2 is 1.97 bits per heavy atom. The Labute approximate surface area is 202 Å². The van der Waals surface area contributed by atoms with Crippen LogP contribution in [0.2, 0.25) is 5.02 Å². The van der Waals surface area contributed by atoms with Gasteiger partial charge in [0.15, 0.2) is 0 Å². The first-order valence-electron chi connectivity index (χ1n) is 11.9. The van der Waals surface area contributed by atoms with E-state index < -0.39 is 5.41 Å². The van der Waals surface area contributed by atoms with E-state index in [9.17, 15) is 9.59 Å². The van der Waals surface area contributed by atoms with Crippen LogP contribution in [-0.4, -0.2) is 62.2 Å². The van der Waals surface area contributed by atoms with Gasteiger partial charge in [-0.15, -0.1) is 0 Å². The number of halogens is 1. The first-order valence-corrected chi connectivity index (χ1v) is 12.3. The quantitative estimate of drug-likeness (QED) is 0.503. The van der Waals surface area contributed by atoms with Crippen LogP contribution in [0.5, 0.6) is 5.75 Å². The molecule has 1 heterocycles. The summed E-state index contributed by atoms with van der Waals surface area (Å²) in [7, 11) is 1.67. The van der Waals surface area contributed by atoms with E-state index in [1.807, 2.05) is 43.9 Å². The summed E-state index contributed by atoms with van der Waals surface area (Å²) >= 11 is 6.31. The number of hydrogen-bond donors (Lipinski definition) is 2. The molecular formula is C25H38ClN3O4. The molecule has 2 atom stereocenters. The molecule has 0 radical (unpaired) electrons. The Hall–Kier alpha value is -1.83. The Kier molecular flexibility index (Phi) is 9.02. The van der Waals surface area contributed by atoms with Gasteiger partial charge >= 0.3 is 0 Å². The van der Waals surface area contributed by atoms with Crippen LogP contribution in [-0.2, 0) is 20.9 Å². The first-order chi connectivity index (χ1) is 15.7. The lowest BCUT2D eigenvalue weighted by molar-refractivity contribution is -0.138. The smallest absolute Gasteiger partial charge is 0.227 e. The predicted molar refractivity (Wildman–Crippen MR) is 129 cm³/mol. The van der Waals surface area contributed by atoms with Crippen LogP contribution in [0.1, 0.15) is 52.0 Å². The molecule has 2 aliphatic rings. The number of benzene rings is 1. The monoisotopic (exact) mass is 479 g/mol.